The van der Waals surface area contributed by atoms with E-state index in [9.17, 15) is 9.59 Å². The highest BCUT2D eigenvalue weighted by Crippen LogP contribution is 2.27. The quantitative estimate of drug-likeness (QED) is 0.835. The van der Waals surface area contributed by atoms with Crippen molar-refractivity contribution in [3.05, 3.63) is 53.9 Å². The second-order valence-corrected chi connectivity index (χ2v) is 7.50. The third-order valence-corrected chi connectivity index (χ3v) is 5.69. The number of hydrogen-bond donors (Lipinski definition) is 0. The molecule has 2 aromatic rings. The zero-order valence-electron chi connectivity index (χ0n) is 15.6. The van der Waals surface area contributed by atoms with Crippen LogP contribution >= 0.6 is 0 Å². The fourth-order valence-corrected chi connectivity index (χ4v) is 4.08. The van der Waals surface area contributed by atoms with Gasteiger partial charge in [0.25, 0.3) is 5.91 Å². The molecule has 27 heavy (non-hydrogen) atoms. The average molecular weight is 366 g/mol. The number of carbonyl (C=O) groups excluding carboxylic acids is 2. The molecule has 0 N–H and O–H groups in total. The fourth-order valence-electron chi connectivity index (χ4n) is 4.08. The van der Waals surface area contributed by atoms with Gasteiger partial charge in [-0.25, -0.2) is 0 Å². The summed E-state index contributed by atoms with van der Waals surface area (Å²) in [7, 11) is 0. The Morgan fingerprint density at radius 2 is 1.63 bits per heavy atom. The molecule has 142 valence electrons. The van der Waals surface area contributed by atoms with Crippen molar-refractivity contribution in [1.29, 1.82) is 0 Å². The van der Waals surface area contributed by atoms with Gasteiger partial charge in [0.05, 0.1) is 6.54 Å². The number of aromatic nitrogens is 2. The minimum absolute atomic E-state index is 0.0496. The van der Waals surface area contributed by atoms with Crippen molar-refractivity contribution in [1.82, 2.24) is 19.6 Å². The summed E-state index contributed by atoms with van der Waals surface area (Å²) in [5.74, 6) is 0.561. The Balaban J connectivity index is 1.31. The van der Waals surface area contributed by atoms with Crippen LogP contribution in [0.2, 0.25) is 0 Å². The van der Waals surface area contributed by atoms with Gasteiger partial charge in [0.1, 0.15) is 0 Å². The molecule has 1 aliphatic carbocycles. The minimum Gasteiger partial charge on any atom is -0.339 e. The lowest BCUT2D eigenvalue weighted by Crippen LogP contribution is -2.51. The van der Waals surface area contributed by atoms with Gasteiger partial charge in [-0.2, -0.15) is 5.10 Å². The number of rotatable bonds is 4. The largest absolute Gasteiger partial charge is 0.339 e. The number of benzene rings is 1. The monoisotopic (exact) mass is 366 g/mol. The number of amides is 2. The molecular weight excluding hydrogens is 340 g/mol. The first-order valence-corrected chi connectivity index (χ1v) is 9.85. The molecule has 4 rings (SSSR count). The van der Waals surface area contributed by atoms with E-state index >= 15 is 0 Å². The van der Waals surface area contributed by atoms with Gasteiger partial charge in [-0.15, -0.1) is 0 Å². The van der Waals surface area contributed by atoms with Crippen LogP contribution in [-0.4, -0.2) is 57.6 Å². The Morgan fingerprint density at radius 3 is 2.26 bits per heavy atom. The zero-order valence-corrected chi connectivity index (χ0v) is 15.6. The summed E-state index contributed by atoms with van der Waals surface area (Å²) in [4.78, 5) is 29.1. The van der Waals surface area contributed by atoms with E-state index in [2.05, 4.69) is 5.10 Å². The molecule has 1 saturated carbocycles. The highest BCUT2D eigenvalue weighted by Gasteiger charge is 2.30. The molecular formula is C21H26N4O2. The van der Waals surface area contributed by atoms with Crippen LogP contribution in [0.25, 0.3) is 0 Å². The predicted octanol–water partition coefficient (Wildman–Crippen LogP) is 2.41. The molecule has 2 aliphatic rings. The van der Waals surface area contributed by atoms with Crippen LogP contribution in [0.15, 0.2) is 42.7 Å². The Bertz CT molecular complexity index is 771. The van der Waals surface area contributed by atoms with E-state index in [0.29, 0.717) is 44.2 Å². The summed E-state index contributed by atoms with van der Waals surface area (Å²) in [5, 5.41) is 4.20. The summed E-state index contributed by atoms with van der Waals surface area (Å²) in [6.45, 7) is 3.24. The first-order chi connectivity index (χ1) is 13.2. The predicted molar refractivity (Wildman–Crippen MR) is 102 cm³/mol. The van der Waals surface area contributed by atoms with Crippen LogP contribution in [0.1, 0.15) is 41.6 Å². The Labute approximate surface area is 159 Å². The number of carbonyl (C=O) groups is 2. The molecule has 1 aliphatic heterocycles. The van der Waals surface area contributed by atoms with Crippen molar-refractivity contribution in [2.45, 2.75) is 32.2 Å². The third kappa shape index (κ3) is 4.04. The molecule has 0 atom stereocenters. The smallest absolute Gasteiger partial charge is 0.253 e. The van der Waals surface area contributed by atoms with Gasteiger partial charge in [0.15, 0.2) is 0 Å². The molecule has 0 spiro atoms. The molecule has 6 heteroatoms. The van der Waals surface area contributed by atoms with E-state index in [1.807, 2.05) is 51.0 Å². The Morgan fingerprint density at radius 1 is 0.963 bits per heavy atom. The third-order valence-electron chi connectivity index (χ3n) is 5.69. The van der Waals surface area contributed by atoms with Crippen LogP contribution in [0.5, 0.6) is 0 Å². The molecule has 1 saturated heterocycles. The van der Waals surface area contributed by atoms with E-state index in [0.717, 1.165) is 18.4 Å². The standard InChI is InChI=1S/C21H26N4O2/c26-20(18-4-1-2-5-18)23-12-14-24(15-13-23)21(27)19-8-6-17(7-9-19)16-25-11-3-10-22-25/h3,6-11,18H,1-2,4-5,12-16H2. The van der Waals surface area contributed by atoms with Crippen LogP contribution < -0.4 is 0 Å². The molecule has 6 nitrogen and oxygen atoms in total. The fraction of sp³-hybridized carbons (Fsp3) is 0.476. The lowest BCUT2D eigenvalue weighted by molar-refractivity contribution is -0.136. The van der Waals surface area contributed by atoms with Gasteiger partial charge >= 0.3 is 0 Å². The van der Waals surface area contributed by atoms with Gasteiger partial charge in [0, 0.05) is 50.1 Å². The Kier molecular flexibility index (Phi) is 5.23. The van der Waals surface area contributed by atoms with E-state index in [4.69, 9.17) is 0 Å². The van der Waals surface area contributed by atoms with Gasteiger partial charge in [-0.05, 0) is 36.6 Å². The van der Waals surface area contributed by atoms with Crippen LogP contribution in [0.3, 0.4) is 0 Å². The lowest BCUT2D eigenvalue weighted by Gasteiger charge is -2.36. The minimum atomic E-state index is 0.0496. The summed E-state index contributed by atoms with van der Waals surface area (Å²) < 4.78 is 1.86. The first kappa shape index (κ1) is 17.8. The maximum absolute atomic E-state index is 12.8. The van der Waals surface area contributed by atoms with Gasteiger partial charge in [-0.3, -0.25) is 14.3 Å². The molecule has 2 amide bonds. The van der Waals surface area contributed by atoms with Crippen LogP contribution in [-0.2, 0) is 11.3 Å². The van der Waals surface area contributed by atoms with Crippen molar-refractivity contribution in [3.8, 4) is 0 Å². The summed E-state index contributed by atoms with van der Waals surface area (Å²) in [6, 6.07) is 9.63. The summed E-state index contributed by atoms with van der Waals surface area (Å²) in [5.41, 5.74) is 1.82. The molecule has 2 heterocycles. The summed E-state index contributed by atoms with van der Waals surface area (Å²) >= 11 is 0. The first-order valence-electron chi connectivity index (χ1n) is 9.85. The van der Waals surface area contributed by atoms with Gasteiger partial charge < -0.3 is 9.80 Å². The van der Waals surface area contributed by atoms with E-state index < -0.39 is 0 Å². The number of nitrogens with zero attached hydrogens (tertiary/aromatic N) is 4. The maximum atomic E-state index is 12.8. The van der Waals surface area contributed by atoms with Crippen molar-refractivity contribution in [2.75, 3.05) is 26.2 Å². The number of piperazine rings is 1. The highest BCUT2D eigenvalue weighted by atomic mass is 16.2. The second-order valence-electron chi connectivity index (χ2n) is 7.50. The maximum Gasteiger partial charge on any atom is 0.253 e. The van der Waals surface area contributed by atoms with Crippen LogP contribution in [0.4, 0.5) is 0 Å². The molecule has 1 aromatic heterocycles. The van der Waals surface area contributed by atoms with E-state index in [1.54, 1.807) is 6.20 Å². The Hall–Kier alpha value is -2.63. The molecule has 0 unspecified atom stereocenters. The highest BCUT2D eigenvalue weighted by molar-refractivity contribution is 5.94. The lowest BCUT2D eigenvalue weighted by atomic mass is 10.1. The van der Waals surface area contributed by atoms with Crippen molar-refractivity contribution in [3.63, 3.8) is 0 Å². The normalized spacial score (nSPS) is 18.1. The number of hydrogen-bond acceptors (Lipinski definition) is 3. The average Bonchev–Trinajstić information content (AvgIpc) is 3.42. The van der Waals surface area contributed by atoms with E-state index in [-0.39, 0.29) is 11.8 Å². The zero-order chi connectivity index (χ0) is 18.6. The molecule has 1 aromatic carbocycles. The van der Waals surface area contributed by atoms with Crippen molar-refractivity contribution >= 4 is 11.8 Å². The van der Waals surface area contributed by atoms with Crippen molar-refractivity contribution < 1.29 is 9.59 Å². The topological polar surface area (TPSA) is 58.4 Å². The second kappa shape index (κ2) is 7.94. The van der Waals surface area contributed by atoms with Crippen molar-refractivity contribution in [2.24, 2.45) is 5.92 Å². The molecule has 0 bridgehead atoms. The van der Waals surface area contributed by atoms with Gasteiger partial charge in [-0.1, -0.05) is 25.0 Å². The molecule has 2 fully saturated rings. The summed E-state index contributed by atoms with van der Waals surface area (Å²) in [6.07, 6.45) is 8.09. The molecule has 0 radical (unpaired) electrons. The van der Waals surface area contributed by atoms with E-state index in [1.165, 1.54) is 12.8 Å². The SMILES string of the molecule is O=C(c1ccc(Cn2cccn2)cc1)N1CCN(C(=O)C2CCCC2)CC1. The van der Waals surface area contributed by atoms with Crippen LogP contribution in [0, 0.1) is 5.92 Å². The van der Waals surface area contributed by atoms with Gasteiger partial charge in [0.2, 0.25) is 5.91 Å².